The molecule has 16 heavy (non-hydrogen) atoms. The lowest BCUT2D eigenvalue weighted by Gasteiger charge is -2.09. The SMILES string of the molecule is Cc1cccc2c(OCC3CC3)cccc12. The van der Waals surface area contributed by atoms with Crippen molar-refractivity contribution in [2.24, 2.45) is 5.92 Å². The predicted molar refractivity (Wildman–Crippen MR) is 66.9 cm³/mol. The quantitative estimate of drug-likeness (QED) is 0.748. The van der Waals surface area contributed by atoms with Crippen LogP contribution in [0.3, 0.4) is 0 Å². The first-order valence-electron chi connectivity index (χ1n) is 5.96. The Balaban J connectivity index is 1.99. The molecule has 1 saturated carbocycles. The summed E-state index contributed by atoms with van der Waals surface area (Å²) in [5.74, 6) is 1.84. The van der Waals surface area contributed by atoms with Crippen molar-refractivity contribution in [2.45, 2.75) is 19.8 Å². The fourth-order valence-electron chi connectivity index (χ4n) is 2.06. The number of rotatable bonds is 3. The zero-order valence-electron chi connectivity index (χ0n) is 9.57. The van der Waals surface area contributed by atoms with Crippen molar-refractivity contribution < 1.29 is 4.74 Å². The first-order chi connectivity index (χ1) is 7.84. The van der Waals surface area contributed by atoms with Gasteiger partial charge in [0.05, 0.1) is 6.61 Å². The molecule has 0 spiro atoms. The van der Waals surface area contributed by atoms with Crippen LogP contribution in [0.25, 0.3) is 10.8 Å². The Hall–Kier alpha value is -1.50. The van der Waals surface area contributed by atoms with Crippen molar-refractivity contribution in [3.05, 3.63) is 42.0 Å². The van der Waals surface area contributed by atoms with Gasteiger partial charge < -0.3 is 4.74 Å². The maximum absolute atomic E-state index is 5.90. The smallest absolute Gasteiger partial charge is 0.127 e. The Morgan fingerprint density at radius 3 is 2.62 bits per heavy atom. The molecule has 1 heteroatoms. The normalized spacial score (nSPS) is 15.3. The molecule has 1 aliphatic rings. The summed E-state index contributed by atoms with van der Waals surface area (Å²) in [6.45, 7) is 3.03. The molecule has 1 nitrogen and oxygen atoms in total. The van der Waals surface area contributed by atoms with Crippen LogP contribution in [-0.4, -0.2) is 6.61 Å². The molecule has 1 fully saturated rings. The molecule has 0 aromatic heterocycles. The summed E-state index contributed by atoms with van der Waals surface area (Å²) in [4.78, 5) is 0. The molecular weight excluding hydrogens is 196 g/mol. The van der Waals surface area contributed by atoms with Crippen LogP contribution >= 0.6 is 0 Å². The van der Waals surface area contributed by atoms with Crippen molar-refractivity contribution >= 4 is 10.8 Å². The highest BCUT2D eigenvalue weighted by atomic mass is 16.5. The fourth-order valence-corrected chi connectivity index (χ4v) is 2.06. The van der Waals surface area contributed by atoms with Crippen LogP contribution in [0.5, 0.6) is 5.75 Å². The van der Waals surface area contributed by atoms with Gasteiger partial charge in [-0.25, -0.2) is 0 Å². The minimum Gasteiger partial charge on any atom is -0.493 e. The average molecular weight is 212 g/mol. The molecule has 0 saturated heterocycles. The summed E-state index contributed by atoms with van der Waals surface area (Å²) in [6, 6.07) is 12.7. The third kappa shape index (κ3) is 1.78. The van der Waals surface area contributed by atoms with Crippen molar-refractivity contribution in [1.82, 2.24) is 0 Å². The molecule has 0 bridgehead atoms. The Kier molecular flexibility index (Phi) is 2.32. The first-order valence-corrected chi connectivity index (χ1v) is 5.96. The molecule has 2 aromatic carbocycles. The van der Waals surface area contributed by atoms with Crippen LogP contribution in [0.4, 0.5) is 0 Å². The van der Waals surface area contributed by atoms with Gasteiger partial charge in [-0.1, -0.05) is 30.3 Å². The Morgan fingerprint density at radius 2 is 1.81 bits per heavy atom. The second-order valence-corrected chi connectivity index (χ2v) is 4.68. The van der Waals surface area contributed by atoms with Gasteiger partial charge in [0.25, 0.3) is 0 Å². The van der Waals surface area contributed by atoms with E-state index in [9.17, 15) is 0 Å². The molecule has 1 aliphatic carbocycles. The van der Waals surface area contributed by atoms with Gasteiger partial charge in [0.15, 0.2) is 0 Å². The van der Waals surface area contributed by atoms with Crippen molar-refractivity contribution in [1.29, 1.82) is 0 Å². The fraction of sp³-hybridized carbons (Fsp3) is 0.333. The molecule has 0 heterocycles. The second-order valence-electron chi connectivity index (χ2n) is 4.68. The molecule has 0 unspecified atom stereocenters. The highest BCUT2D eigenvalue weighted by Crippen LogP contribution is 2.32. The van der Waals surface area contributed by atoms with Crippen LogP contribution in [0.2, 0.25) is 0 Å². The van der Waals surface area contributed by atoms with Gasteiger partial charge >= 0.3 is 0 Å². The van der Waals surface area contributed by atoms with E-state index in [1.54, 1.807) is 0 Å². The predicted octanol–water partition coefficient (Wildman–Crippen LogP) is 3.94. The largest absolute Gasteiger partial charge is 0.493 e. The molecule has 0 amide bonds. The van der Waals surface area contributed by atoms with Crippen LogP contribution in [0.15, 0.2) is 36.4 Å². The number of hydrogen-bond donors (Lipinski definition) is 0. The topological polar surface area (TPSA) is 9.23 Å². The van der Waals surface area contributed by atoms with E-state index < -0.39 is 0 Å². The molecule has 2 aromatic rings. The van der Waals surface area contributed by atoms with Crippen molar-refractivity contribution in [3.63, 3.8) is 0 Å². The van der Waals surface area contributed by atoms with E-state index in [4.69, 9.17) is 4.74 Å². The number of aryl methyl sites for hydroxylation is 1. The lowest BCUT2D eigenvalue weighted by atomic mass is 10.1. The maximum Gasteiger partial charge on any atom is 0.127 e. The van der Waals surface area contributed by atoms with E-state index in [0.29, 0.717) is 0 Å². The Labute approximate surface area is 96.0 Å². The van der Waals surface area contributed by atoms with E-state index in [2.05, 4.69) is 43.3 Å². The average Bonchev–Trinajstić information content (AvgIpc) is 3.11. The van der Waals surface area contributed by atoms with E-state index in [1.165, 1.54) is 29.2 Å². The van der Waals surface area contributed by atoms with Crippen LogP contribution < -0.4 is 4.74 Å². The minimum absolute atomic E-state index is 0.806. The van der Waals surface area contributed by atoms with Crippen LogP contribution in [0, 0.1) is 12.8 Å². The van der Waals surface area contributed by atoms with Crippen molar-refractivity contribution in [3.8, 4) is 5.75 Å². The van der Waals surface area contributed by atoms with Gasteiger partial charge in [0.2, 0.25) is 0 Å². The number of hydrogen-bond acceptors (Lipinski definition) is 1. The van der Waals surface area contributed by atoms with Crippen LogP contribution in [0.1, 0.15) is 18.4 Å². The zero-order valence-corrected chi connectivity index (χ0v) is 9.57. The standard InChI is InChI=1S/C15H16O/c1-11-4-2-6-14-13(11)5-3-7-15(14)16-10-12-8-9-12/h2-7,12H,8-10H2,1H3. The molecule has 82 valence electrons. The van der Waals surface area contributed by atoms with Crippen molar-refractivity contribution in [2.75, 3.05) is 6.61 Å². The van der Waals surface area contributed by atoms with Gasteiger partial charge in [-0.15, -0.1) is 0 Å². The van der Waals surface area contributed by atoms with E-state index in [1.807, 2.05) is 0 Å². The highest BCUT2D eigenvalue weighted by molar-refractivity contribution is 5.90. The Morgan fingerprint density at radius 1 is 1.06 bits per heavy atom. The van der Waals surface area contributed by atoms with E-state index in [-0.39, 0.29) is 0 Å². The van der Waals surface area contributed by atoms with E-state index in [0.717, 1.165) is 18.3 Å². The third-order valence-corrected chi connectivity index (χ3v) is 3.27. The second kappa shape index (κ2) is 3.82. The first kappa shape index (κ1) is 9.71. The highest BCUT2D eigenvalue weighted by Gasteiger charge is 2.22. The monoisotopic (exact) mass is 212 g/mol. The molecule has 0 aliphatic heterocycles. The number of benzene rings is 2. The lowest BCUT2D eigenvalue weighted by Crippen LogP contribution is -1.99. The third-order valence-electron chi connectivity index (χ3n) is 3.27. The molecule has 0 N–H and O–H groups in total. The number of fused-ring (bicyclic) bond motifs is 1. The summed E-state index contributed by atoms with van der Waals surface area (Å²) < 4.78 is 5.90. The maximum atomic E-state index is 5.90. The van der Waals surface area contributed by atoms with Gasteiger partial charge in [0, 0.05) is 5.39 Å². The summed E-state index contributed by atoms with van der Waals surface area (Å²) >= 11 is 0. The summed E-state index contributed by atoms with van der Waals surface area (Å²) in [5, 5.41) is 2.54. The molecule has 0 atom stereocenters. The van der Waals surface area contributed by atoms with Gasteiger partial charge in [-0.3, -0.25) is 0 Å². The molecule has 0 radical (unpaired) electrons. The summed E-state index contributed by atoms with van der Waals surface area (Å²) in [7, 11) is 0. The van der Waals surface area contributed by atoms with Gasteiger partial charge in [-0.05, 0) is 42.7 Å². The molecule has 3 rings (SSSR count). The number of ether oxygens (including phenoxy) is 1. The summed E-state index contributed by atoms with van der Waals surface area (Å²) in [5.41, 5.74) is 1.31. The van der Waals surface area contributed by atoms with E-state index >= 15 is 0 Å². The molecular formula is C15H16O. The summed E-state index contributed by atoms with van der Waals surface area (Å²) in [6.07, 6.45) is 2.67. The Bertz CT molecular complexity index is 512. The minimum atomic E-state index is 0.806. The zero-order chi connectivity index (χ0) is 11.0. The van der Waals surface area contributed by atoms with Gasteiger partial charge in [0.1, 0.15) is 5.75 Å². The van der Waals surface area contributed by atoms with Gasteiger partial charge in [-0.2, -0.15) is 0 Å². The lowest BCUT2D eigenvalue weighted by molar-refractivity contribution is 0.303. The van der Waals surface area contributed by atoms with Crippen LogP contribution in [-0.2, 0) is 0 Å².